The van der Waals surface area contributed by atoms with Crippen molar-refractivity contribution in [1.82, 2.24) is 0 Å². The van der Waals surface area contributed by atoms with Crippen molar-refractivity contribution < 1.29 is 0 Å². The van der Waals surface area contributed by atoms with Crippen molar-refractivity contribution in [2.75, 3.05) is 29.4 Å². The van der Waals surface area contributed by atoms with Gasteiger partial charge >= 0.3 is 0 Å². The second kappa shape index (κ2) is 31.2. The highest BCUT2D eigenvalue weighted by Gasteiger charge is 2.25. The molecule has 2 heterocycles. The fourth-order valence-corrected chi connectivity index (χ4v) is 17.8. The molecule has 0 radical (unpaired) electrons. The zero-order chi connectivity index (χ0) is 74.4. The summed E-state index contributed by atoms with van der Waals surface area (Å²) in [6.45, 7) is 4.20. The molecule has 0 aliphatic heterocycles. The van der Waals surface area contributed by atoms with Crippen molar-refractivity contribution in [3.63, 3.8) is 0 Å². The molecule has 6 nitrogen and oxygen atoms in total. The van der Waals surface area contributed by atoms with Gasteiger partial charge in [-0.2, -0.15) is 0 Å². The maximum Gasteiger partial charge on any atom is 0.0640 e. The van der Waals surface area contributed by atoms with Crippen molar-refractivity contribution in [1.29, 1.82) is 0 Å². The number of fused-ring (bicyclic) bond motifs is 6. The van der Waals surface area contributed by atoms with E-state index >= 15 is 0 Å². The molecule has 0 fully saturated rings. The highest BCUT2D eigenvalue weighted by Crippen LogP contribution is 2.48. The van der Waals surface area contributed by atoms with E-state index in [-0.39, 0.29) is 0 Å². The monoisotopic (exact) mass is 1460 g/mol. The van der Waals surface area contributed by atoms with E-state index in [4.69, 9.17) is 0 Å². The molecule has 8 heteroatoms. The Kier molecular flexibility index (Phi) is 19.4. The molecule has 0 atom stereocenters. The third-order valence-corrected chi connectivity index (χ3v) is 23.0. The average molecular weight is 1460 g/mol. The largest absolute Gasteiger partial charge is 0.314 e. The zero-order valence-corrected chi connectivity index (χ0v) is 63.3. The molecule has 0 saturated carbocycles. The van der Waals surface area contributed by atoms with Crippen LogP contribution in [0.3, 0.4) is 0 Å². The molecule has 0 saturated heterocycles. The van der Waals surface area contributed by atoms with E-state index < -0.39 is 0 Å². The van der Waals surface area contributed by atoms with Crippen LogP contribution >= 0.6 is 22.7 Å². The molecule has 0 bridgehead atoms. The van der Waals surface area contributed by atoms with Crippen LogP contribution < -0.4 is 29.4 Å². The van der Waals surface area contributed by atoms with E-state index in [0.29, 0.717) is 0 Å². The van der Waals surface area contributed by atoms with Crippen LogP contribution in [0.2, 0.25) is 0 Å². The van der Waals surface area contributed by atoms with Crippen LogP contribution in [-0.4, -0.2) is 0 Å². The number of nitrogens with zero attached hydrogens (tertiary/aromatic N) is 6. The molecule has 111 heavy (non-hydrogen) atoms. The van der Waals surface area contributed by atoms with Gasteiger partial charge in [0.1, 0.15) is 0 Å². The fraction of sp³-hybridized carbons (Fsp3) is 0.0291. The SMILES string of the molecule is CC=CC(=CC)N(C1=CC=C(N(c2ccc(N(c3ccccc3)c3ccccc3)cc2)c2cccc3c2sc2cc(-c4ccc(N(c5ccccc5)c5ccc(N(c6ccc(-c7ccc8sc9ccccc9c8c7)cc6)c6ccc(N(c7ccccc7)c7ccccc7)cc6)cc5)cc4)ccc23)C=CC1)c1ccccc1. The van der Waals surface area contributed by atoms with Crippen molar-refractivity contribution in [2.24, 2.45) is 0 Å². The second-order valence-electron chi connectivity index (χ2n) is 27.5. The predicted molar refractivity (Wildman–Crippen MR) is 478 cm³/mol. The van der Waals surface area contributed by atoms with Gasteiger partial charge in [-0.05, 0) is 261 Å². The smallest absolute Gasteiger partial charge is 0.0640 e. The van der Waals surface area contributed by atoms with E-state index in [2.05, 4.69) is 468 Å². The molecule has 532 valence electrons. The topological polar surface area (TPSA) is 19.4 Å². The molecule has 0 amide bonds. The minimum absolute atomic E-state index is 0.735. The minimum atomic E-state index is 0.735. The molecule has 2 aromatic heterocycles. The summed E-state index contributed by atoms with van der Waals surface area (Å²) < 4.78 is 5.05. The van der Waals surface area contributed by atoms with Gasteiger partial charge in [-0.1, -0.05) is 200 Å². The third kappa shape index (κ3) is 14.0. The van der Waals surface area contributed by atoms with Crippen LogP contribution in [0.25, 0.3) is 62.6 Å². The summed E-state index contributed by atoms with van der Waals surface area (Å²) in [5.41, 5.74) is 24.1. The fourth-order valence-electron chi connectivity index (χ4n) is 15.5. The maximum atomic E-state index is 2.45. The lowest BCUT2D eigenvalue weighted by Gasteiger charge is -2.29. The standard InChI is InChI=1S/C103H78N6S2/c1-3-27-78(4-2)104(79-28-11-5-12-29-79)85-40-25-41-86(57-56-85)109(94-68-66-90(67-69-94)106(82-34-17-8-18-35-82)83-36-19-9-20-37-83)99-44-26-43-97-96-70-50-77(73-102(96)111-103(97)99)75-48-54-87(55-49-75)107(84-38-21-10-22-39-84)91-60-64-93(65-61-91)108(92-62-58-89(59-63-92)105(80-30-13-6-14-31-80)81-32-15-7-16-33-81)88-52-46-74(47-53-88)76-51-71-101-98(72-76)95-42-23-24-45-100(95)110-101/h3-39,41-73H,40H2,1-2H3. The van der Waals surface area contributed by atoms with E-state index in [1.807, 2.05) is 22.7 Å². The number of anilines is 15. The van der Waals surface area contributed by atoms with E-state index in [1.54, 1.807) is 0 Å². The number of thiophene rings is 2. The minimum Gasteiger partial charge on any atom is -0.314 e. The molecule has 0 unspecified atom stereocenters. The van der Waals surface area contributed by atoms with Gasteiger partial charge in [0.05, 0.1) is 10.4 Å². The number of rotatable bonds is 21. The molecule has 18 rings (SSSR count). The van der Waals surface area contributed by atoms with Crippen LogP contribution in [0.1, 0.15) is 20.3 Å². The van der Waals surface area contributed by atoms with Gasteiger partial charge in [0.15, 0.2) is 0 Å². The van der Waals surface area contributed by atoms with E-state index in [0.717, 1.165) is 114 Å². The number of allylic oxidation sites excluding steroid dienone is 7. The summed E-state index contributed by atoms with van der Waals surface area (Å²) >= 11 is 3.71. The molecule has 1 aliphatic carbocycles. The first-order valence-corrected chi connectivity index (χ1v) is 39.5. The van der Waals surface area contributed by atoms with Crippen molar-refractivity contribution in [2.45, 2.75) is 20.3 Å². The first-order chi connectivity index (χ1) is 55.0. The van der Waals surface area contributed by atoms with E-state index in [9.17, 15) is 0 Å². The number of benzene rings is 15. The quantitative estimate of drug-likeness (QED) is 0.0663. The first kappa shape index (κ1) is 69.0. The van der Waals surface area contributed by atoms with Gasteiger partial charge < -0.3 is 29.4 Å². The van der Waals surface area contributed by atoms with Gasteiger partial charge in [-0.15, -0.1) is 22.7 Å². The van der Waals surface area contributed by atoms with Crippen molar-refractivity contribution in [3.05, 3.63) is 442 Å². The molecule has 15 aromatic carbocycles. The van der Waals surface area contributed by atoms with Crippen molar-refractivity contribution >= 4 is 148 Å². The highest BCUT2D eigenvalue weighted by molar-refractivity contribution is 7.26. The summed E-state index contributed by atoms with van der Waals surface area (Å²) in [6.07, 6.45) is 16.4. The molecule has 0 N–H and O–H groups in total. The maximum absolute atomic E-state index is 2.45. The number of hydrogen-bond acceptors (Lipinski definition) is 8. The van der Waals surface area contributed by atoms with Gasteiger partial charge in [-0.3, -0.25) is 0 Å². The predicted octanol–water partition coefficient (Wildman–Crippen LogP) is 30.5. The van der Waals surface area contributed by atoms with Gasteiger partial charge in [0, 0.05) is 139 Å². The third-order valence-electron chi connectivity index (χ3n) is 20.7. The average Bonchev–Trinajstić information content (AvgIpc) is 1.63. The Morgan fingerprint density at radius 3 is 1.09 bits per heavy atom. The lowest BCUT2D eigenvalue weighted by atomic mass is 10.0. The molecule has 17 aromatic rings. The van der Waals surface area contributed by atoms with Crippen LogP contribution in [0.5, 0.6) is 0 Å². The summed E-state index contributed by atoms with van der Waals surface area (Å²) in [5.74, 6) is 0. The Balaban J connectivity index is 0.683. The summed E-state index contributed by atoms with van der Waals surface area (Å²) in [6, 6.07) is 138. The van der Waals surface area contributed by atoms with Crippen LogP contribution in [0.15, 0.2) is 442 Å². The lowest BCUT2D eigenvalue weighted by Crippen LogP contribution is -2.20. The lowest BCUT2D eigenvalue weighted by molar-refractivity contribution is 1.03. The second-order valence-corrected chi connectivity index (χ2v) is 29.7. The Morgan fingerprint density at radius 1 is 0.279 bits per heavy atom. The normalized spacial score (nSPS) is 12.3. The highest BCUT2D eigenvalue weighted by atomic mass is 32.1. The van der Waals surface area contributed by atoms with Gasteiger partial charge in [0.2, 0.25) is 0 Å². The number of hydrogen-bond donors (Lipinski definition) is 0. The van der Waals surface area contributed by atoms with Gasteiger partial charge in [-0.25, -0.2) is 0 Å². The Labute approximate surface area is 657 Å². The zero-order valence-electron chi connectivity index (χ0n) is 61.6. The van der Waals surface area contributed by atoms with Crippen LogP contribution in [0, 0.1) is 0 Å². The molecule has 0 spiro atoms. The summed E-state index contributed by atoms with van der Waals surface area (Å²) in [7, 11) is 0. The van der Waals surface area contributed by atoms with Crippen LogP contribution in [0.4, 0.5) is 85.3 Å². The van der Waals surface area contributed by atoms with Gasteiger partial charge in [0.25, 0.3) is 0 Å². The molecular weight excluding hydrogens is 1390 g/mol. The Hall–Kier alpha value is -13.8. The van der Waals surface area contributed by atoms with Crippen LogP contribution in [-0.2, 0) is 0 Å². The molecule has 1 aliphatic rings. The Morgan fingerprint density at radius 2 is 0.640 bits per heavy atom. The summed E-state index contributed by atoms with van der Waals surface area (Å²) in [4.78, 5) is 14.2. The van der Waals surface area contributed by atoms with E-state index in [1.165, 1.54) is 57.2 Å². The summed E-state index contributed by atoms with van der Waals surface area (Å²) in [5, 5.41) is 5.05. The first-order valence-electron chi connectivity index (χ1n) is 37.8. The number of para-hydroxylation sites is 6. The van der Waals surface area contributed by atoms with Crippen molar-refractivity contribution in [3.8, 4) is 22.3 Å². The molecular formula is C103H78N6S2. The Bertz CT molecular complexity index is 6200.